The normalized spacial score (nSPS) is 16.2. The maximum absolute atomic E-state index is 12.4. The van der Waals surface area contributed by atoms with E-state index < -0.39 is 11.6 Å². The maximum atomic E-state index is 12.4. The van der Waals surface area contributed by atoms with E-state index in [1.807, 2.05) is 51.1 Å². The number of rotatable bonds is 6. The fourth-order valence-electron chi connectivity index (χ4n) is 2.87. The van der Waals surface area contributed by atoms with Crippen molar-refractivity contribution >= 4 is 17.3 Å². The molecule has 0 saturated carbocycles. The van der Waals surface area contributed by atoms with Crippen LogP contribution in [0.15, 0.2) is 64.6 Å². The molecule has 0 radical (unpaired) electrons. The number of allylic oxidation sites excluding steroid dienone is 4. The molecule has 0 amide bonds. The molecule has 25 heavy (non-hydrogen) atoms. The summed E-state index contributed by atoms with van der Waals surface area (Å²) in [5.74, 6) is -1.47. The first kappa shape index (κ1) is 18.7. The monoisotopic (exact) mass is 339 g/mol. The second-order valence-electron chi connectivity index (χ2n) is 6.67. The predicted molar refractivity (Wildman–Crippen MR) is 100 cm³/mol. The SMILES string of the molecule is CC(C)=CCC[C@@H](C)C1=C(O)C(Nc2ccccc2)=C(C)C(=O)C1=O. The molecule has 0 saturated heterocycles. The number of carbonyl (C=O) groups excluding carboxylic acids is 2. The van der Waals surface area contributed by atoms with Crippen LogP contribution in [0.1, 0.15) is 40.5 Å². The molecule has 0 fully saturated rings. The Morgan fingerprint density at radius 1 is 1.16 bits per heavy atom. The van der Waals surface area contributed by atoms with Gasteiger partial charge < -0.3 is 10.4 Å². The highest BCUT2D eigenvalue weighted by molar-refractivity contribution is 6.50. The molecule has 0 spiro atoms. The molecule has 1 atom stereocenters. The number of aliphatic hydroxyl groups excluding tert-OH is 1. The molecular weight excluding hydrogens is 314 g/mol. The zero-order chi connectivity index (χ0) is 18.6. The third-order valence-corrected chi connectivity index (χ3v) is 4.35. The van der Waals surface area contributed by atoms with E-state index in [9.17, 15) is 14.7 Å². The van der Waals surface area contributed by atoms with Crippen molar-refractivity contribution in [3.05, 3.63) is 64.6 Å². The molecule has 2 N–H and O–H groups in total. The van der Waals surface area contributed by atoms with Crippen molar-refractivity contribution in [1.82, 2.24) is 0 Å². The number of hydrogen-bond acceptors (Lipinski definition) is 4. The van der Waals surface area contributed by atoms with Crippen LogP contribution in [0.4, 0.5) is 5.69 Å². The smallest absolute Gasteiger partial charge is 0.233 e. The summed E-state index contributed by atoms with van der Waals surface area (Å²) in [7, 11) is 0. The van der Waals surface area contributed by atoms with E-state index >= 15 is 0 Å². The summed E-state index contributed by atoms with van der Waals surface area (Å²) < 4.78 is 0. The van der Waals surface area contributed by atoms with Gasteiger partial charge >= 0.3 is 0 Å². The fourth-order valence-corrected chi connectivity index (χ4v) is 2.87. The molecule has 1 aliphatic rings. The van der Waals surface area contributed by atoms with Gasteiger partial charge in [0, 0.05) is 11.3 Å². The zero-order valence-electron chi connectivity index (χ0n) is 15.2. The molecule has 4 nitrogen and oxygen atoms in total. The van der Waals surface area contributed by atoms with E-state index in [2.05, 4.69) is 11.4 Å². The van der Waals surface area contributed by atoms with E-state index in [1.54, 1.807) is 6.92 Å². The van der Waals surface area contributed by atoms with Gasteiger partial charge in [-0.05, 0) is 51.7 Å². The van der Waals surface area contributed by atoms with Crippen LogP contribution in [-0.2, 0) is 9.59 Å². The molecule has 1 aliphatic carbocycles. The van der Waals surface area contributed by atoms with Crippen LogP contribution < -0.4 is 5.32 Å². The Balaban J connectivity index is 2.34. The van der Waals surface area contributed by atoms with Crippen molar-refractivity contribution in [3.8, 4) is 0 Å². The quantitative estimate of drug-likeness (QED) is 0.447. The first-order valence-corrected chi connectivity index (χ1v) is 8.51. The highest BCUT2D eigenvalue weighted by atomic mass is 16.3. The van der Waals surface area contributed by atoms with Crippen molar-refractivity contribution in [2.24, 2.45) is 5.92 Å². The van der Waals surface area contributed by atoms with Crippen molar-refractivity contribution in [1.29, 1.82) is 0 Å². The number of ketones is 2. The number of nitrogens with one attached hydrogen (secondary N) is 1. The lowest BCUT2D eigenvalue weighted by molar-refractivity contribution is -0.132. The van der Waals surface area contributed by atoms with Gasteiger partial charge in [0.2, 0.25) is 11.6 Å². The Kier molecular flexibility index (Phi) is 5.97. The van der Waals surface area contributed by atoms with Crippen LogP contribution >= 0.6 is 0 Å². The largest absolute Gasteiger partial charge is 0.505 e. The van der Waals surface area contributed by atoms with E-state index in [1.165, 1.54) is 5.57 Å². The summed E-state index contributed by atoms with van der Waals surface area (Å²) in [5.41, 5.74) is 2.73. The summed E-state index contributed by atoms with van der Waals surface area (Å²) in [6.45, 7) is 7.47. The van der Waals surface area contributed by atoms with Gasteiger partial charge in [0.1, 0.15) is 5.76 Å². The minimum absolute atomic E-state index is 0.115. The Bertz CT molecular complexity index is 766. The number of Topliss-reactive ketones (excluding diaryl/α,β-unsaturated/α-hetero) is 2. The van der Waals surface area contributed by atoms with Crippen molar-refractivity contribution in [2.45, 2.75) is 40.5 Å². The second kappa shape index (κ2) is 7.97. The lowest BCUT2D eigenvalue weighted by Crippen LogP contribution is -2.30. The standard InChI is InChI=1S/C21H25NO3/c1-13(2)9-8-10-14(3)17-20(24)18(15(4)19(23)21(17)25)22-16-11-6-5-7-12-16/h5-7,9,11-12,14,22,24H,8,10H2,1-4H3/t14-/m1/s1. The Morgan fingerprint density at radius 3 is 2.40 bits per heavy atom. The number of carbonyl (C=O) groups is 2. The van der Waals surface area contributed by atoms with Gasteiger partial charge in [-0.15, -0.1) is 0 Å². The van der Waals surface area contributed by atoms with Crippen LogP contribution in [0.5, 0.6) is 0 Å². The number of hydrogen-bond donors (Lipinski definition) is 2. The van der Waals surface area contributed by atoms with Crippen molar-refractivity contribution in [2.75, 3.05) is 5.32 Å². The Labute approximate surface area is 148 Å². The molecule has 2 rings (SSSR count). The summed E-state index contributed by atoms with van der Waals surface area (Å²) in [6.07, 6.45) is 3.58. The lowest BCUT2D eigenvalue weighted by atomic mass is 9.83. The van der Waals surface area contributed by atoms with E-state index in [4.69, 9.17) is 0 Å². The number of para-hydroxylation sites is 1. The van der Waals surface area contributed by atoms with Gasteiger partial charge in [-0.1, -0.05) is 36.8 Å². The third-order valence-electron chi connectivity index (χ3n) is 4.35. The summed E-state index contributed by atoms with van der Waals surface area (Å²) in [5, 5.41) is 13.8. The molecule has 4 heteroatoms. The Hall–Kier alpha value is -2.62. The van der Waals surface area contributed by atoms with Crippen LogP contribution in [0, 0.1) is 5.92 Å². The average molecular weight is 339 g/mol. The van der Waals surface area contributed by atoms with Crippen molar-refractivity contribution < 1.29 is 14.7 Å². The van der Waals surface area contributed by atoms with Gasteiger partial charge in [-0.2, -0.15) is 0 Å². The molecule has 0 bridgehead atoms. The van der Waals surface area contributed by atoms with Gasteiger partial charge in [0.05, 0.1) is 11.3 Å². The molecule has 132 valence electrons. The lowest BCUT2D eigenvalue weighted by Gasteiger charge is -2.24. The molecular formula is C21H25NO3. The predicted octanol–water partition coefficient (Wildman–Crippen LogP) is 4.72. The number of aliphatic hydroxyl groups is 1. The van der Waals surface area contributed by atoms with Crippen LogP contribution in [0.25, 0.3) is 0 Å². The first-order valence-electron chi connectivity index (χ1n) is 8.51. The molecule has 1 aromatic rings. The summed E-state index contributed by atoms with van der Waals surface area (Å²) >= 11 is 0. The topological polar surface area (TPSA) is 66.4 Å². The zero-order valence-corrected chi connectivity index (χ0v) is 15.2. The van der Waals surface area contributed by atoms with Crippen LogP contribution in [-0.4, -0.2) is 16.7 Å². The van der Waals surface area contributed by atoms with Crippen LogP contribution in [0.2, 0.25) is 0 Å². The Morgan fingerprint density at radius 2 is 1.80 bits per heavy atom. The molecule has 0 aromatic heterocycles. The summed E-state index contributed by atoms with van der Waals surface area (Å²) in [6, 6.07) is 9.28. The number of anilines is 1. The fraction of sp³-hybridized carbons (Fsp3) is 0.333. The summed E-state index contributed by atoms with van der Waals surface area (Å²) in [4.78, 5) is 24.8. The molecule has 0 unspecified atom stereocenters. The van der Waals surface area contributed by atoms with Crippen molar-refractivity contribution in [3.63, 3.8) is 0 Å². The van der Waals surface area contributed by atoms with E-state index in [-0.39, 0.29) is 22.8 Å². The molecule has 0 aliphatic heterocycles. The molecule has 0 heterocycles. The minimum atomic E-state index is -0.599. The minimum Gasteiger partial charge on any atom is -0.505 e. The first-order chi connectivity index (χ1) is 11.8. The van der Waals surface area contributed by atoms with Gasteiger partial charge in [-0.25, -0.2) is 0 Å². The highest BCUT2D eigenvalue weighted by Gasteiger charge is 2.35. The van der Waals surface area contributed by atoms with Gasteiger partial charge in [0.25, 0.3) is 0 Å². The number of benzene rings is 1. The highest BCUT2D eigenvalue weighted by Crippen LogP contribution is 2.31. The third kappa shape index (κ3) is 4.27. The average Bonchev–Trinajstić information content (AvgIpc) is 2.57. The van der Waals surface area contributed by atoms with E-state index in [0.717, 1.165) is 12.1 Å². The second-order valence-corrected chi connectivity index (χ2v) is 6.67. The van der Waals surface area contributed by atoms with Gasteiger partial charge in [0.15, 0.2) is 0 Å². The maximum Gasteiger partial charge on any atom is 0.233 e. The molecule has 1 aromatic carbocycles. The van der Waals surface area contributed by atoms with Crippen LogP contribution in [0.3, 0.4) is 0 Å². The van der Waals surface area contributed by atoms with Gasteiger partial charge in [-0.3, -0.25) is 9.59 Å². The van der Waals surface area contributed by atoms with E-state index in [0.29, 0.717) is 12.1 Å².